The van der Waals surface area contributed by atoms with Gasteiger partial charge in [-0.25, -0.2) is 13.8 Å². The molecule has 9 heteroatoms. The van der Waals surface area contributed by atoms with E-state index in [-0.39, 0.29) is 22.2 Å². The zero-order valence-corrected chi connectivity index (χ0v) is 17.6. The van der Waals surface area contributed by atoms with Crippen LogP contribution in [0.3, 0.4) is 0 Å². The van der Waals surface area contributed by atoms with E-state index in [1.807, 2.05) is 0 Å². The number of fused-ring (bicyclic) bond motifs is 1. The Labute approximate surface area is 182 Å². The number of hydrogen-bond acceptors (Lipinski definition) is 5. The average molecular weight is 494 g/mol. The Hall–Kier alpha value is -2.97. The highest BCUT2D eigenvalue weighted by Gasteiger charge is 2.16. The van der Waals surface area contributed by atoms with Crippen molar-refractivity contribution in [1.82, 2.24) is 4.98 Å². The number of aromatic nitrogens is 1. The molecule has 4 aromatic rings. The predicted molar refractivity (Wildman–Crippen MR) is 114 cm³/mol. The van der Waals surface area contributed by atoms with E-state index < -0.39 is 11.6 Å². The van der Waals surface area contributed by atoms with E-state index in [0.717, 1.165) is 16.6 Å². The van der Waals surface area contributed by atoms with Crippen molar-refractivity contribution in [2.45, 2.75) is 0 Å². The Morgan fingerprint density at radius 1 is 1.17 bits per heavy atom. The number of phenols is 1. The van der Waals surface area contributed by atoms with Gasteiger partial charge in [0.1, 0.15) is 5.52 Å². The molecule has 0 radical (unpaired) electrons. The summed E-state index contributed by atoms with van der Waals surface area (Å²) in [6, 6.07) is 10.1. The molecule has 5 nitrogen and oxygen atoms in total. The number of ether oxygens (including phenoxy) is 1. The minimum atomic E-state index is -1.05. The van der Waals surface area contributed by atoms with E-state index >= 15 is 0 Å². The highest BCUT2D eigenvalue weighted by atomic mass is 79.9. The molecule has 3 aromatic carbocycles. The zero-order chi connectivity index (χ0) is 21.4. The summed E-state index contributed by atoms with van der Waals surface area (Å²) in [5.74, 6) is -1.77. The molecule has 4 rings (SSSR count). The molecule has 0 amide bonds. The number of methoxy groups -OCH3 is 1. The first-order valence-electron chi connectivity index (χ1n) is 8.52. The molecular formula is C21H12BrClF2N2O3. The summed E-state index contributed by atoms with van der Waals surface area (Å²) >= 11 is 9.35. The van der Waals surface area contributed by atoms with Gasteiger partial charge in [-0.15, -0.1) is 0 Å². The molecule has 1 heterocycles. The van der Waals surface area contributed by atoms with Crippen molar-refractivity contribution in [1.29, 1.82) is 0 Å². The van der Waals surface area contributed by atoms with Gasteiger partial charge in [-0.1, -0.05) is 27.5 Å². The molecule has 0 bridgehead atoms. The smallest absolute Gasteiger partial charge is 0.228 e. The van der Waals surface area contributed by atoms with Crippen LogP contribution in [0.5, 0.6) is 11.5 Å². The Kier molecular flexibility index (Phi) is 5.44. The summed E-state index contributed by atoms with van der Waals surface area (Å²) in [4.78, 5) is 8.65. The summed E-state index contributed by atoms with van der Waals surface area (Å²) < 4.78 is 38.3. The third-order valence-electron chi connectivity index (χ3n) is 4.25. The van der Waals surface area contributed by atoms with Crippen molar-refractivity contribution >= 4 is 50.5 Å². The number of phenolic OH excluding ortho intramolecular Hbond substituents is 1. The van der Waals surface area contributed by atoms with Crippen LogP contribution in [0.15, 0.2) is 56.3 Å². The number of nitrogens with zero attached hydrogens (tertiary/aromatic N) is 2. The molecule has 0 saturated carbocycles. The van der Waals surface area contributed by atoms with Gasteiger partial charge in [0, 0.05) is 16.3 Å². The monoisotopic (exact) mass is 492 g/mol. The summed E-state index contributed by atoms with van der Waals surface area (Å²) in [6.07, 6.45) is 1.48. The highest BCUT2D eigenvalue weighted by molar-refractivity contribution is 9.10. The van der Waals surface area contributed by atoms with Gasteiger partial charge in [-0.3, -0.25) is 4.99 Å². The second kappa shape index (κ2) is 8.04. The summed E-state index contributed by atoms with van der Waals surface area (Å²) in [5.41, 5.74) is 2.02. The number of halogens is 4. The lowest BCUT2D eigenvalue weighted by Crippen LogP contribution is -1.89. The van der Waals surface area contributed by atoms with Gasteiger partial charge in [0.05, 0.1) is 23.4 Å². The van der Waals surface area contributed by atoms with Crippen LogP contribution in [0.25, 0.3) is 22.6 Å². The molecule has 0 spiro atoms. The Balaban J connectivity index is 1.69. The fraction of sp³-hybridized carbons (Fsp3) is 0.0476. The molecule has 0 unspecified atom stereocenters. The molecule has 0 fully saturated rings. The molecule has 0 aliphatic carbocycles. The number of benzene rings is 3. The van der Waals surface area contributed by atoms with Gasteiger partial charge in [-0.05, 0) is 42.5 Å². The van der Waals surface area contributed by atoms with Crippen LogP contribution in [0.4, 0.5) is 14.5 Å². The van der Waals surface area contributed by atoms with Crippen LogP contribution < -0.4 is 4.74 Å². The zero-order valence-electron chi connectivity index (χ0n) is 15.3. The quantitative estimate of drug-likeness (QED) is 0.255. The standard InChI is InChI=1S/C21H12BrClF2N2O3/c1-29-19-5-11(22)4-10(20(19)28)9-26-12-2-3-18-17(6-12)27-21(30-18)13-7-15(24)16(25)8-14(13)23/h2-9,28H,1H3. The minimum absolute atomic E-state index is 0.0159. The lowest BCUT2D eigenvalue weighted by molar-refractivity contribution is 0.373. The Morgan fingerprint density at radius 3 is 2.70 bits per heavy atom. The highest BCUT2D eigenvalue weighted by Crippen LogP contribution is 2.34. The van der Waals surface area contributed by atoms with Crippen molar-refractivity contribution in [2.75, 3.05) is 7.11 Å². The van der Waals surface area contributed by atoms with Crippen molar-refractivity contribution in [3.8, 4) is 23.0 Å². The van der Waals surface area contributed by atoms with E-state index in [2.05, 4.69) is 25.9 Å². The molecule has 0 aliphatic rings. The van der Waals surface area contributed by atoms with Gasteiger partial charge in [0.15, 0.2) is 28.7 Å². The van der Waals surface area contributed by atoms with Crippen molar-refractivity contribution in [3.05, 3.63) is 69.2 Å². The Bertz CT molecular complexity index is 1310. The van der Waals surface area contributed by atoms with Crippen LogP contribution in [0, 0.1) is 11.6 Å². The molecule has 1 aromatic heterocycles. The first kappa shape index (κ1) is 20.3. The molecular weight excluding hydrogens is 482 g/mol. The van der Waals surface area contributed by atoms with Gasteiger partial charge >= 0.3 is 0 Å². The van der Waals surface area contributed by atoms with E-state index in [0.29, 0.717) is 28.1 Å². The SMILES string of the molecule is COc1cc(Br)cc(C=Nc2ccc3oc(-c4cc(F)c(F)cc4Cl)nc3c2)c1O. The van der Waals surface area contributed by atoms with Crippen molar-refractivity contribution < 1.29 is 23.0 Å². The number of aliphatic imine (C=N–C) groups is 1. The van der Waals surface area contributed by atoms with Crippen LogP contribution >= 0.6 is 27.5 Å². The van der Waals surface area contributed by atoms with Crippen LogP contribution in [0.2, 0.25) is 5.02 Å². The number of oxazole rings is 1. The predicted octanol–water partition coefficient (Wildman–Crippen LogP) is 6.65. The van der Waals surface area contributed by atoms with Crippen LogP contribution in [-0.2, 0) is 0 Å². The fourth-order valence-corrected chi connectivity index (χ4v) is 3.48. The molecule has 152 valence electrons. The van der Waals surface area contributed by atoms with E-state index in [1.165, 1.54) is 13.3 Å². The first-order valence-corrected chi connectivity index (χ1v) is 9.69. The summed E-state index contributed by atoms with van der Waals surface area (Å²) in [6.45, 7) is 0. The number of aromatic hydroxyl groups is 1. The van der Waals surface area contributed by atoms with Gasteiger partial charge in [0.2, 0.25) is 5.89 Å². The van der Waals surface area contributed by atoms with E-state index in [9.17, 15) is 13.9 Å². The molecule has 0 aliphatic heterocycles. The van der Waals surface area contributed by atoms with Gasteiger partial charge < -0.3 is 14.3 Å². The third kappa shape index (κ3) is 3.88. The van der Waals surface area contributed by atoms with Gasteiger partial charge in [0.25, 0.3) is 0 Å². The van der Waals surface area contributed by atoms with Crippen molar-refractivity contribution in [3.63, 3.8) is 0 Å². The maximum Gasteiger partial charge on any atom is 0.228 e. The fourth-order valence-electron chi connectivity index (χ4n) is 2.79. The second-order valence-corrected chi connectivity index (χ2v) is 7.54. The molecule has 30 heavy (non-hydrogen) atoms. The first-order chi connectivity index (χ1) is 14.4. The lowest BCUT2D eigenvalue weighted by atomic mass is 10.2. The maximum absolute atomic E-state index is 13.6. The third-order valence-corrected chi connectivity index (χ3v) is 5.02. The second-order valence-electron chi connectivity index (χ2n) is 6.22. The van der Waals surface area contributed by atoms with E-state index in [1.54, 1.807) is 30.3 Å². The average Bonchev–Trinajstić information content (AvgIpc) is 3.14. The maximum atomic E-state index is 13.6. The molecule has 0 atom stereocenters. The van der Waals surface area contributed by atoms with E-state index in [4.69, 9.17) is 20.8 Å². The molecule has 1 N–H and O–H groups in total. The summed E-state index contributed by atoms with van der Waals surface area (Å²) in [5, 5.41) is 10.2. The van der Waals surface area contributed by atoms with Gasteiger partial charge in [-0.2, -0.15) is 0 Å². The molecule has 0 saturated heterocycles. The summed E-state index contributed by atoms with van der Waals surface area (Å²) in [7, 11) is 1.46. The Morgan fingerprint density at radius 2 is 1.93 bits per heavy atom. The number of hydrogen-bond donors (Lipinski definition) is 1. The van der Waals surface area contributed by atoms with Crippen molar-refractivity contribution in [2.24, 2.45) is 4.99 Å². The van der Waals surface area contributed by atoms with Crippen LogP contribution in [0.1, 0.15) is 5.56 Å². The lowest BCUT2D eigenvalue weighted by Gasteiger charge is -2.06. The minimum Gasteiger partial charge on any atom is -0.504 e. The van der Waals surface area contributed by atoms with Crippen LogP contribution in [-0.4, -0.2) is 23.4 Å². The normalized spacial score (nSPS) is 11.5. The number of rotatable bonds is 4. The topological polar surface area (TPSA) is 67.9 Å². The largest absolute Gasteiger partial charge is 0.504 e.